The summed E-state index contributed by atoms with van der Waals surface area (Å²) in [4.78, 5) is 20.0. The third kappa shape index (κ3) is 2.86. The van der Waals surface area contributed by atoms with Gasteiger partial charge in [-0.1, -0.05) is 17.7 Å². The van der Waals surface area contributed by atoms with Gasteiger partial charge in [0.2, 0.25) is 0 Å². The van der Waals surface area contributed by atoms with Crippen LogP contribution in [0.3, 0.4) is 0 Å². The Labute approximate surface area is 127 Å². The molecular weight excluding hydrogens is 292 g/mol. The molecule has 3 rings (SSSR count). The Bertz CT molecular complexity index is 623. The molecule has 3 nitrogen and oxygen atoms in total. The molecular formula is C15H15ClN2OS. The van der Waals surface area contributed by atoms with Crippen LogP contribution < -0.4 is 0 Å². The number of rotatable bonds is 4. The summed E-state index contributed by atoms with van der Waals surface area (Å²) in [5.41, 5.74) is 1.32. The molecule has 5 heteroatoms. The molecule has 104 valence electrons. The van der Waals surface area contributed by atoms with E-state index in [0.29, 0.717) is 23.2 Å². The summed E-state index contributed by atoms with van der Waals surface area (Å²) in [6.07, 6.45) is 3.74. The van der Waals surface area contributed by atoms with Crippen molar-refractivity contribution in [1.29, 1.82) is 0 Å². The number of aromatic nitrogens is 1. The second-order valence-electron chi connectivity index (χ2n) is 5.05. The van der Waals surface area contributed by atoms with Gasteiger partial charge in [-0.2, -0.15) is 0 Å². The molecule has 0 aliphatic heterocycles. The van der Waals surface area contributed by atoms with Crippen LogP contribution in [0.4, 0.5) is 0 Å². The fourth-order valence-electron chi connectivity index (χ4n) is 2.16. The molecule has 0 spiro atoms. The van der Waals surface area contributed by atoms with Crippen LogP contribution in [0.1, 0.15) is 33.8 Å². The summed E-state index contributed by atoms with van der Waals surface area (Å²) in [7, 11) is 0. The van der Waals surface area contributed by atoms with E-state index in [1.54, 1.807) is 23.6 Å². The predicted octanol–water partition coefficient (Wildman–Crippen LogP) is 3.91. The topological polar surface area (TPSA) is 33.2 Å². The summed E-state index contributed by atoms with van der Waals surface area (Å²) < 4.78 is 0. The lowest BCUT2D eigenvalue weighted by molar-refractivity contribution is 0.0731. The van der Waals surface area contributed by atoms with Gasteiger partial charge in [-0.25, -0.2) is 0 Å². The lowest BCUT2D eigenvalue weighted by atomic mass is 10.2. The van der Waals surface area contributed by atoms with Crippen LogP contribution >= 0.6 is 22.9 Å². The molecule has 0 unspecified atom stereocenters. The fourth-order valence-corrected chi connectivity index (χ4v) is 3.15. The van der Waals surface area contributed by atoms with Crippen LogP contribution in [0, 0.1) is 6.92 Å². The number of hydrogen-bond acceptors (Lipinski definition) is 3. The average molecular weight is 307 g/mol. The smallest absolute Gasteiger partial charge is 0.257 e. The van der Waals surface area contributed by atoms with Gasteiger partial charge in [-0.05, 0) is 37.3 Å². The molecule has 1 aliphatic rings. The number of halogens is 1. The molecule has 2 heterocycles. The van der Waals surface area contributed by atoms with Crippen molar-refractivity contribution in [2.24, 2.45) is 0 Å². The van der Waals surface area contributed by atoms with Crippen LogP contribution in [0.5, 0.6) is 0 Å². The van der Waals surface area contributed by atoms with Crippen LogP contribution in [0.25, 0.3) is 0 Å². The summed E-state index contributed by atoms with van der Waals surface area (Å²) in [5.74, 6) is -0.0154. The number of thiophene rings is 1. The molecule has 0 N–H and O–H groups in total. The Morgan fingerprint density at radius 2 is 2.35 bits per heavy atom. The quantitative estimate of drug-likeness (QED) is 0.858. The molecule has 2 aromatic rings. The highest BCUT2D eigenvalue weighted by molar-refractivity contribution is 7.09. The first kappa shape index (κ1) is 13.6. The fraction of sp³-hybridized carbons (Fsp3) is 0.333. The van der Waals surface area contributed by atoms with Gasteiger partial charge in [0.1, 0.15) is 0 Å². The first-order valence-electron chi connectivity index (χ1n) is 6.60. The van der Waals surface area contributed by atoms with Gasteiger partial charge < -0.3 is 4.90 Å². The normalized spacial score (nSPS) is 14.3. The number of nitrogens with zero attached hydrogens (tertiary/aromatic N) is 2. The zero-order chi connectivity index (χ0) is 14.1. The molecule has 1 amide bonds. The SMILES string of the molecule is Cc1cc(Cl)c(C(=O)N(Cc2cccs2)C2CC2)cn1. The van der Waals surface area contributed by atoms with E-state index >= 15 is 0 Å². The van der Waals surface area contributed by atoms with Crippen molar-refractivity contribution in [1.82, 2.24) is 9.88 Å². The molecule has 20 heavy (non-hydrogen) atoms. The van der Waals surface area contributed by atoms with E-state index in [1.165, 1.54) is 4.88 Å². The molecule has 0 saturated heterocycles. The summed E-state index contributed by atoms with van der Waals surface area (Å²) in [6, 6.07) is 6.16. The third-order valence-corrected chi connectivity index (χ3v) is 4.55. The monoisotopic (exact) mass is 306 g/mol. The van der Waals surface area contributed by atoms with Crippen molar-refractivity contribution in [3.05, 3.63) is 50.9 Å². The largest absolute Gasteiger partial charge is 0.330 e. The number of carbonyl (C=O) groups is 1. The predicted molar refractivity (Wildman–Crippen MR) is 81.2 cm³/mol. The minimum atomic E-state index is -0.0154. The zero-order valence-corrected chi connectivity index (χ0v) is 12.7. The molecule has 1 saturated carbocycles. The Morgan fingerprint density at radius 3 is 2.95 bits per heavy atom. The van der Waals surface area contributed by atoms with Crippen LogP contribution in [0.15, 0.2) is 29.8 Å². The number of aryl methyl sites for hydroxylation is 1. The Kier molecular flexibility index (Phi) is 3.76. The van der Waals surface area contributed by atoms with Crippen LogP contribution in [-0.2, 0) is 6.54 Å². The van der Waals surface area contributed by atoms with Crippen molar-refractivity contribution < 1.29 is 4.79 Å². The lowest BCUT2D eigenvalue weighted by Crippen LogP contribution is -2.32. The zero-order valence-electron chi connectivity index (χ0n) is 11.2. The first-order chi connectivity index (χ1) is 9.65. The Morgan fingerprint density at radius 1 is 1.55 bits per heavy atom. The maximum absolute atomic E-state index is 12.7. The second-order valence-corrected chi connectivity index (χ2v) is 6.49. The van der Waals surface area contributed by atoms with Gasteiger partial charge in [0.25, 0.3) is 5.91 Å². The van der Waals surface area contributed by atoms with E-state index in [2.05, 4.69) is 11.1 Å². The minimum absolute atomic E-state index is 0.0154. The van der Waals surface area contributed by atoms with Crippen LogP contribution in [0.2, 0.25) is 5.02 Å². The van der Waals surface area contributed by atoms with E-state index < -0.39 is 0 Å². The van der Waals surface area contributed by atoms with Crippen molar-refractivity contribution >= 4 is 28.8 Å². The summed E-state index contributed by atoms with van der Waals surface area (Å²) >= 11 is 7.86. The van der Waals surface area contributed by atoms with Crippen molar-refractivity contribution in [2.75, 3.05) is 0 Å². The van der Waals surface area contributed by atoms with Crippen molar-refractivity contribution in [3.8, 4) is 0 Å². The first-order valence-corrected chi connectivity index (χ1v) is 7.86. The molecule has 0 radical (unpaired) electrons. The van der Waals surface area contributed by atoms with Gasteiger partial charge >= 0.3 is 0 Å². The summed E-state index contributed by atoms with van der Waals surface area (Å²) in [6.45, 7) is 2.52. The highest BCUT2D eigenvalue weighted by Gasteiger charge is 2.34. The maximum atomic E-state index is 12.7. The van der Waals surface area contributed by atoms with E-state index in [1.807, 2.05) is 23.3 Å². The van der Waals surface area contributed by atoms with E-state index in [-0.39, 0.29) is 5.91 Å². The van der Waals surface area contributed by atoms with Gasteiger partial charge in [0.05, 0.1) is 17.1 Å². The highest BCUT2D eigenvalue weighted by atomic mass is 35.5. The van der Waals surface area contributed by atoms with Crippen molar-refractivity contribution in [2.45, 2.75) is 32.4 Å². The summed E-state index contributed by atoms with van der Waals surface area (Å²) in [5, 5.41) is 2.52. The third-order valence-electron chi connectivity index (χ3n) is 3.38. The van der Waals surface area contributed by atoms with Gasteiger partial charge in [0.15, 0.2) is 0 Å². The van der Waals surface area contributed by atoms with Crippen molar-refractivity contribution in [3.63, 3.8) is 0 Å². The lowest BCUT2D eigenvalue weighted by Gasteiger charge is -2.22. The van der Waals surface area contributed by atoms with E-state index in [4.69, 9.17) is 11.6 Å². The highest BCUT2D eigenvalue weighted by Crippen LogP contribution is 2.31. The standard InChI is InChI=1S/C15H15ClN2OS/c1-10-7-14(16)13(8-17-10)15(19)18(11-4-5-11)9-12-3-2-6-20-12/h2-3,6-8,11H,4-5,9H2,1H3. The number of carbonyl (C=O) groups excluding carboxylic acids is 1. The number of amides is 1. The molecule has 1 fully saturated rings. The van der Waals surface area contributed by atoms with E-state index in [0.717, 1.165) is 18.5 Å². The maximum Gasteiger partial charge on any atom is 0.257 e. The Balaban J connectivity index is 1.85. The number of hydrogen-bond donors (Lipinski definition) is 0. The molecule has 2 aromatic heterocycles. The Hall–Kier alpha value is -1.39. The van der Waals surface area contributed by atoms with Gasteiger partial charge in [0, 0.05) is 22.8 Å². The molecule has 1 aliphatic carbocycles. The number of pyridine rings is 1. The average Bonchev–Trinajstić information content (AvgIpc) is 3.12. The van der Waals surface area contributed by atoms with E-state index in [9.17, 15) is 4.79 Å². The van der Waals surface area contributed by atoms with Crippen LogP contribution in [-0.4, -0.2) is 21.8 Å². The van der Waals surface area contributed by atoms with Gasteiger partial charge in [-0.15, -0.1) is 11.3 Å². The molecule has 0 aromatic carbocycles. The van der Waals surface area contributed by atoms with Gasteiger partial charge in [-0.3, -0.25) is 9.78 Å². The molecule has 0 atom stereocenters. The minimum Gasteiger partial charge on any atom is -0.330 e. The molecule has 0 bridgehead atoms. The second kappa shape index (κ2) is 5.54.